The molecule has 272 valence electrons. The van der Waals surface area contributed by atoms with Crippen LogP contribution in [0.2, 0.25) is 0 Å². The number of ketones is 1. The van der Waals surface area contributed by atoms with Crippen molar-refractivity contribution in [3.8, 4) is 29.1 Å². The Balaban J connectivity index is 1.25. The summed E-state index contributed by atoms with van der Waals surface area (Å²) in [4.78, 5) is 16.8. The molecule has 0 fully saturated rings. The van der Waals surface area contributed by atoms with E-state index in [1.165, 1.54) is 12.8 Å². The van der Waals surface area contributed by atoms with Gasteiger partial charge in [-0.2, -0.15) is 0 Å². The summed E-state index contributed by atoms with van der Waals surface area (Å²) in [7, 11) is 1.96. The van der Waals surface area contributed by atoms with Crippen LogP contribution in [0.3, 0.4) is 0 Å². The van der Waals surface area contributed by atoms with E-state index in [0.717, 1.165) is 42.5 Å². The second-order valence-corrected chi connectivity index (χ2v) is 13.3. The summed E-state index contributed by atoms with van der Waals surface area (Å²) in [6, 6.07) is 16.1. The Morgan fingerprint density at radius 1 is 1.02 bits per heavy atom. The molecule has 9 heteroatoms. The van der Waals surface area contributed by atoms with Crippen molar-refractivity contribution < 1.29 is 24.9 Å². The lowest BCUT2D eigenvalue weighted by Crippen LogP contribution is -2.21. The zero-order valence-electron chi connectivity index (χ0n) is 29.9. The minimum absolute atomic E-state index is 0.0201. The lowest BCUT2D eigenvalue weighted by Gasteiger charge is -2.27. The van der Waals surface area contributed by atoms with Crippen LogP contribution in [0, 0.1) is 11.8 Å². The number of benzene rings is 3. The van der Waals surface area contributed by atoms with Crippen molar-refractivity contribution in [2.24, 2.45) is 16.5 Å². The number of nitrogens with two attached hydrogens (primary N) is 2. The van der Waals surface area contributed by atoms with Gasteiger partial charge in [0.15, 0.2) is 17.3 Å². The smallest absolute Gasteiger partial charge is 0.161 e. The first-order valence-corrected chi connectivity index (χ1v) is 18.1. The number of carbonyl (C=O) groups excluding carboxylic acids is 1. The van der Waals surface area contributed by atoms with Crippen LogP contribution < -0.4 is 26.6 Å². The van der Waals surface area contributed by atoms with Crippen molar-refractivity contribution in [3.05, 3.63) is 124 Å². The van der Waals surface area contributed by atoms with E-state index in [4.69, 9.17) is 16.2 Å². The average molecular weight is 702 g/mol. The molecule has 0 bridgehead atoms. The fourth-order valence-corrected chi connectivity index (χ4v) is 6.49. The molecule has 3 aromatic rings. The molecule has 1 aliphatic heterocycles. The molecular formula is C43H49N4O5-. The lowest BCUT2D eigenvalue weighted by molar-refractivity contribution is -0.307. The van der Waals surface area contributed by atoms with Gasteiger partial charge in [-0.25, -0.2) is 0 Å². The fraction of sp³-hybridized carbons (Fsp3) is 0.349. The first kappa shape index (κ1) is 38.1. The minimum Gasteiger partial charge on any atom is -0.875 e. The molecule has 7 N–H and O–H groups in total. The molecule has 1 unspecified atom stereocenters. The maximum Gasteiger partial charge on any atom is 0.161 e. The number of unbranched alkanes of at least 4 members (excludes halogenated alkanes) is 4. The molecule has 0 saturated carbocycles. The number of nitrogens with one attached hydrogen (secondary N) is 1. The van der Waals surface area contributed by atoms with Gasteiger partial charge in [-0.3, -0.25) is 9.79 Å². The van der Waals surface area contributed by atoms with Gasteiger partial charge in [0.1, 0.15) is 5.75 Å². The topological polar surface area (TPSA) is 166 Å². The molecule has 0 amide bonds. The molecule has 0 radical (unpaired) electrons. The molecule has 1 aliphatic carbocycles. The monoisotopic (exact) mass is 701 g/mol. The van der Waals surface area contributed by atoms with Crippen LogP contribution in [0.5, 0.6) is 17.2 Å². The minimum atomic E-state index is -0.689. The van der Waals surface area contributed by atoms with Gasteiger partial charge < -0.3 is 36.8 Å². The average Bonchev–Trinajstić information content (AvgIpc) is 3.61. The van der Waals surface area contributed by atoms with Crippen LogP contribution in [0.1, 0.15) is 96.8 Å². The van der Waals surface area contributed by atoms with Crippen molar-refractivity contribution in [3.63, 3.8) is 0 Å². The highest BCUT2D eigenvalue weighted by Gasteiger charge is 2.24. The predicted molar refractivity (Wildman–Crippen MR) is 204 cm³/mol. The first-order chi connectivity index (χ1) is 25.2. The van der Waals surface area contributed by atoms with Crippen molar-refractivity contribution in [2.75, 3.05) is 20.2 Å². The van der Waals surface area contributed by atoms with E-state index in [0.29, 0.717) is 59.4 Å². The van der Waals surface area contributed by atoms with Gasteiger partial charge in [-0.05, 0) is 110 Å². The fourth-order valence-electron chi connectivity index (χ4n) is 6.49. The van der Waals surface area contributed by atoms with Crippen LogP contribution in [-0.4, -0.2) is 41.9 Å². The van der Waals surface area contributed by atoms with Crippen LogP contribution in [0.4, 0.5) is 0 Å². The summed E-state index contributed by atoms with van der Waals surface area (Å²) >= 11 is 0. The number of hydrogen-bond donors (Lipinski definition) is 5. The molecule has 0 spiro atoms. The quantitative estimate of drug-likeness (QED) is 0.0516. The van der Waals surface area contributed by atoms with Gasteiger partial charge in [-0.1, -0.05) is 61.1 Å². The molecule has 52 heavy (non-hydrogen) atoms. The summed E-state index contributed by atoms with van der Waals surface area (Å²) in [5.41, 5.74) is 17.7. The number of ether oxygens (including phenoxy) is 1. The highest BCUT2D eigenvalue weighted by atomic mass is 16.5. The summed E-state index contributed by atoms with van der Waals surface area (Å²) in [6.45, 7) is 1.29. The molecule has 0 saturated heterocycles. The van der Waals surface area contributed by atoms with E-state index >= 15 is 0 Å². The lowest BCUT2D eigenvalue weighted by atomic mass is 9.82. The van der Waals surface area contributed by atoms with E-state index in [9.17, 15) is 20.1 Å². The van der Waals surface area contributed by atoms with Gasteiger partial charge in [-0.15, -0.1) is 5.76 Å². The third-order valence-corrected chi connectivity index (χ3v) is 9.44. The second-order valence-electron chi connectivity index (χ2n) is 13.3. The van der Waals surface area contributed by atoms with Gasteiger partial charge in [0.2, 0.25) is 0 Å². The maximum atomic E-state index is 13.7. The molecule has 2 aliphatic rings. The number of nitrogens with zero attached hydrogens (tertiary/aromatic N) is 1. The van der Waals surface area contributed by atoms with E-state index < -0.39 is 12.1 Å². The van der Waals surface area contributed by atoms with Gasteiger partial charge in [0.25, 0.3) is 0 Å². The molecule has 1 atom stereocenters. The number of carbonyl (C=O) groups is 1. The Labute approximate surface area is 306 Å². The number of allylic oxidation sites excluding steroid dienone is 5. The maximum absolute atomic E-state index is 13.7. The highest BCUT2D eigenvalue weighted by Crippen LogP contribution is 2.39. The number of aromatic hydroxyl groups is 2. The van der Waals surface area contributed by atoms with E-state index in [2.05, 4.69) is 22.2 Å². The third kappa shape index (κ3) is 10.5. The predicted octanol–water partition coefficient (Wildman–Crippen LogP) is 5.72. The van der Waals surface area contributed by atoms with Gasteiger partial charge in [0.05, 0.1) is 24.9 Å². The summed E-state index contributed by atoms with van der Waals surface area (Å²) in [5, 5.41) is 38.5. The molecule has 3 aromatic carbocycles. The van der Waals surface area contributed by atoms with Crippen molar-refractivity contribution in [1.82, 2.24) is 5.32 Å². The standard InChI is InChI=1S/C43H50N4O5/c1-46-22-7-5-3-2-4-6-10-33(48)16-12-29-14-19-40(50)42(26-29)52-24-21-30-13-18-39(49)37(25-30)36-28-41(51)35-20-23-47-38(35)11-8-9-31-27-32(43(44)45)15-17-34(31)36/h6,10,13-15,17-20,23,25-27,36,43,46,49-51H,2-5,7,11-12,16,21-22,24,28,44-45H2,1H3/p-1. The van der Waals surface area contributed by atoms with Crippen LogP contribution >= 0.6 is 0 Å². The van der Waals surface area contributed by atoms with Crippen LogP contribution in [-0.2, 0) is 17.6 Å². The second kappa shape index (κ2) is 18.9. The van der Waals surface area contributed by atoms with E-state index in [1.54, 1.807) is 42.6 Å². The number of phenolic OH excluding ortho intramolecular Hbond substituents is 2. The van der Waals surface area contributed by atoms with Gasteiger partial charge in [0, 0.05) is 36.1 Å². The molecule has 5 rings (SSSR count). The van der Waals surface area contributed by atoms with Crippen LogP contribution in [0.15, 0.2) is 95.3 Å². The Bertz CT molecular complexity index is 1910. The van der Waals surface area contributed by atoms with Crippen LogP contribution in [0.25, 0.3) is 0 Å². The largest absolute Gasteiger partial charge is 0.875 e. The highest BCUT2D eigenvalue weighted by molar-refractivity contribution is 6.06. The van der Waals surface area contributed by atoms with Crippen molar-refractivity contribution in [2.45, 2.75) is 76.3 Å². The summed E-state index contributed by atoms with van der Waals surface area (Å²) in [5.74, 6) is 6.32. The Morgan fingerprint density at radius 3 is 2.62 bits per heavy atom. The zero-order valence-corrected chi connectivity index (χ0v) is 29.9. The Morgan fingerprint density at radius 2 is 1.81 bits per heavy atom. The number of phenols is 2. The van der Waals surface area contributed by atoms with E-state index in [1.807, 2.05) is 43.5 Å². The van der Waals surface area contributed by atoms with Gasteiger partial charge >= 0.3 is 0 Å². The summed E-state index contributed by atoms with van der Waals surface area (Å²) < 4.78 is 6.02. The summed E-state index contributed by atoms with van der Waals surface area (Å²) in [6.07, 6.45) is 13.7. The molecule has 1 heterocycles. The molecule has 9 nitrogen and oxygen atoms in total. The first-order valence-electron chi connectivity index (χ1n) is 18.1. The number of aliphatic imine (C=N–C) groups is 1. The number of rotatable bonds is 17. The third-order valence-electron chi connectivity index (χ3n) is 9.44. The molecule has 0 aromatic heterocycles. The number of fused-ring (bicyclic) bond motifs is 2. The van der Waals surface area contributed by atoms with E-state index in [-0.39, 0.29) is 36.1 Å². The van der Waals surface area contributed by atoms with Crippen molar-refractivity contribution in [1.29, 1.82) is 0 Å². The number of hydrogen-bond acceptors (Lipinski definition) is 9. The van der Waals surface area contributed by atoms with Crippen molar-refractivity contribution >= 4 is 11.5 Å². The SMILES string of the molecule is CNCCCCCCC=CC(=O)CCc1ccc(O)c(OCCc2ccc(O)c(C3CC([O-])=C4C=CN=C4CC#Cc4cc(C(N)N)ccc43)c2)c1. The normalized spacial score (nSPS) is 15.3. The Hall–Kier alpha value is -5.14. The number of aryl methyl sites for hydroxylation is 1. The zero-order chi connectivity index (χ0) is 36.9. The Kier molecular flexibility index (Phi) is 13.9. The molecular weight excluding hydrogens is 652 g/mol.